The van der Waals surface area contributed by atoms with Gasteiger partial charge in [-0.05, 0) is 30.5 Å². The van der Waals surface area contributed by atoms with E-state index in [1.54, 1.807) is 7.05 Å². The molecule has 1 saturated heterocycles. The fourth-order valence-corrected chi connectivity index (χ4v) is 5.00. The van der Waals surface area contributed by atoms with Crippen molar-refractivity contribution < 1.29 is 9.53 Å². The molecule has 0 bridgehead atoms. The molecule has 0 aliphatic carbocycles. The maximum absolute atomic E-state index is 13.0. The summed E-state index contributed by atoms with van der Waals surface area (Å²) in [7, 11) is 1.71. The minimum absolute atomic E-state index is 0.0849. The van der Waals surface area contributed by atoms with E-state index < -0.39 is 0 Å². The molecule has 0 radical (unpaired) electrons. The number of carbonyl (C=O) groups is 1. The first-order chi connectivity index (χ1) is 12.5. The van der Waals surface area contributed by atoms with E-state index in [2.05, 4.69) is 31.0 Å². The van der Waals surface area contributed by atoms with Crippen molar-refractivity contribution in [1.82, 2.24) is 9.55 Å². The lowest BCUT2D eigenvalue weighted by molar-refractivity contribution is -0.137. The smallest absolute Gasteiger partial charge is 0.319 e. The summed E-state index contributed by atoms with van der Waals surface area (Å²) >= 11 is 2.77. The Balaban J connectivity index is 1.81. The van der Waals surface area contributed by atoms with Gasteiger partial charge in [-0.1, -0.05) is 30.0 Å². The fraction of sp³-hybridized carbons (Fsp3) is 0.316. The van der Waals surface area contributed by atoms with Gasteiger partial charge in [-0.3, -0.25) is 14.2 Å². The summed E-state index contributed by atoms with van der Waals surface area (Å²) in [6.45, 7) is 4.57. The van der Waals surface area contributed by atoms with Crippen LogP contribution in [0.25, 0.3) is 21.3 Å². The third-order valence-electron chi connectivity index (χ3n) is 4.73. The monoisotopic (exact) mass is 386 g/mol. The maximum atomic E-state index is 13.0. The first kappa shape index (κ1) is 17.3. The summed E-state index contributed by atoms with van der Waals surface area (Å²) in [6.07, 6.45) is 0.649. The van der Waals surface area contributed by atoms with Gasteiger partial charge >= 0.3 is 5.97 Å². The van der Waals surface area contributed by atoms with E-state index in [9.17, 15) is 9.59 Å². The molecule has 0 saturated carbocycles. The SMILES string of the molecule is Cc1ccc(-c2csc3nc(S[C@@H]4CCOC4=O)n(C)c(=O)c23)cc1C. The second-order valence-electron chi connectivity index (χ2n) is 6.45. The van der Waals surface area contributed by atoms with Crippen molar-refractivity contribution in [2.75, 3.05) is 6.61 Å². The van der Waals surface area contributed by atoms with Crippen molar-refractivity contribution in [3.05, 3.63) is 45.1 Å². The normalized spacial score (nSPS) is 17.0. The lowest BCUT2D eigenvalue weighted by Gasteiger charge is -2.10. The first-order valence-electron chi connectivity index (χ1n) is 8.35. The van der Waals surface area contributed by atoms with E-state index in [-0.39, 0.29) is 16.8 Å². The quantitative estimate of drug-likeness (QED) is 0.507. The van der Waals surface area contributed by atoms with E-state index in [4.69, 9.17) is 4.74 Å². The number of rotatable bonds is 3. The molecule has 26 heavy (non-hydrogen) atoms. The number of carbonyl (C=O) groups excluding carboxylic acids is 1. The van der Waals surface area contributed by atoms with Crippen molar-refractivity contribution in [3.63, 3.8) is 0 Å². The molecule has 1 atom stereocenters. The number of benzene rings is 1. The van der Waals surface area contributed by atoms with Crippen LogP contribution >= 0.6 is 23.1 Å². The summed E-state index contributed by atoms with van der Waals surface area (Å²) < 4.78 is 6.54. The van der Waals surface area contributed by atoms with Gasteiger partial charge in [0.25, 0.3) is 5.56 Å². The van der Waals surface area contributed by atoms with E-state index in [1.807, 2.05) is 11.4 Å². The Morgan fingerprint density at radius 1 is 1.27 bits per heavy atom. The molecule has 0 N–H and O–H groups in total. The van der Waals surface area contributed by atoms with Crippen molar-refractivity contribution in [2.45, 2.75) is 30.7 Å². The van der Waals surface area contributed by atoms with Gasteiger partial charge in [-0.25, -0.2) is 4.98 Å². The number of esters is 1. The zero-order chi connectivity index (χ0) is 18.4. The molecule has 1 aliphatic heterocycles. The Morgan fingerprint density at radius 3 is 2.77 bits per heavy atom. The van der Waals surface area contributed by atoms with E-state index >= 15 is 0 Å². The van der Waals surface area contributed by atoms with Crippen LogP contribution in [0.15, 0.2) is 33.5 Å². The van der Waals surface area contributed by atoms with Crippen molar-refractivity contribution in [3.8, 4) is 11.1 Å². The highest BCUT2D eigenvalue weighted by molar-refractivity contribution is 8.00. The second-order valence-corrected chi connectivity index (χ2v) is 8.48. The highest BCUT2D eigenvalue weighted by Gasteiger charge is 2.29. The van der Waals surface area contributed by atoms with Crippen LogP contribution in [0.2, 0.25) is 0 Å². The molecule has 4 rings (SSSR count). The molecule has 3 heterocycles. The number of nitrogens with zero attached hydrogens (tertiary/aromatic N) is 2. The molecule has 3 aromatic rings. The zero-order valence-corrected chi connectivity index (χ0v) is 16.4. The molecule has 0 unspecified atom stereocenters. The summed E-state index contributed by atoms with van der Waals surface area (Å²) in [5.74, 6) is -0.230. The maximum Gasteiger partial charge on any atom is 0.319 e. The van der Waals surface area contributed by atoms with Gasteiger partial charge in [0, 0.05) is 24.4 Å². The third kappa shape index (κ3) is 2.85. The van der Waals surface area contributed by atoms with Gasteiger partial charge in [-0.2, -0.15) is 0 Å². The Bertz CT molecular complexity index is 1080. The average Bonchev–Trinajstić information content (AvgIpc) is 3.21. The van der Waals surface area contributed by atoms with Crippen LogP contribution in [-0.4, -0.2) is 27.4 Å². The Kier molecular flexibility index (Phi) is 4.36. The number of hydrogen-bond acceptors (Lipinski definition) is 6. The van der Waals surface area contributed by atoms with Gasteiger partial charge in [0.15, 0.2) is 5.16 Å². The van der Waals surface area contributed by atoms with Crippen LogP contribution in [0, 0.1) is 13.8 Å². The Hall–Kier alpha value is -2.12. The number of aryl methyl sites for hydroxylation is 2. The van der Waals surface area contributed by atoms with Crippen LogP contribution in [0.5, 0.6) is 0 Å². The Labute approximate surface area is 159 Å². The number of aromatic nitrogens is 2. The first-order valence-corrected chi connectivity index (χ1v) is 10.1. The average molecular weight is 386 g/mol. The van der Waals surface area contributed by atoms with Gasteiger partial charge < -0.3 is 4.74 Å². The van der Waals surface area contributed by atoms with Crippen LogP contribution in [0.1, 0.15) is 17.5 Å². The molecule has 1 fully saturated rings. The van der Waals surface area contributed by atoms with Crippen LogP contribution in [0.4, 0.5) is 0 Å². The van der Waals surface area contributed by atoms with Crippen molar-refractivity contribution in [1.29, 1.82) is 0 Å². The number of thioether (sulfide) groups is 1. The van der Waals surface area contributed by atoms with Gasteiger partial charge in [0.05, 0.1) is 12.0 Å². The summed E-state index contributed by atoms with van der Waals surface area (Å²) in [5, 5.41) is 2.89. The number of fused-ring (bicyclic) bond motifs is 1. The summed E-state index contributed by atoms with van der Waals surface area (Å²) in [6, 6.07) is 6.22. The fourth-order valence-electron chi connectivity index (χ4n) is 2.99. The minimum Gasteiger partial charge on any atom is -0.465 e. The number of ether oxygens (including phenoxy) is 1. The number of hydrogen-bond donors (Lipinski definition) is 0. The van der Waals surface area contributed by atoms with Gasteiger partial charge in [0.1, 0.15) is 10.1 Å². The van der Waals surface area contributed by atoms with E-state index in [0.29, 0.717) is 28.4 Å². The molecule has 7 heteroatoms. The lowest BCUT2D eigenvalue weighted by atomic mass is 10.0. The van der Waals surface area contributed by atoms with Crippen LogP contribution < -0.4 is 5.56 Å². The van der Waals surface area contributed by atoms with Gasteiger partial charge in [0.2, 0.25) is 0 Å². The van der Waals surface area contributed by atoms with Crippen molar-refractivity contribution >= 4 is 39.3 Å². The standard InChI is InChI=1S/C19H18N2O3S2/c1-10-4-5-12(8-11(10)2)13-9-25-16-15(13)17(22)21(3)19(20-16)26-14-6-7-24-18(14)23/h4-5,8-9,14H,6-7H2,1-3H3/t14-/m1/s1. The van der Waals surface area contributed by atoms with Crippen LogP contribution in [0.3, 0.4) is 0 Å². The highest BCUT2D eigenvalue weighted by atomic mass is 32.2. The topological polar surface area (TPSA) is 61.2 Å². The molecule has 134 valence electrons. The predicted octanol–water partition coefficient (Wildman–Crippen LogP) is 3.69. The van der Waals surface area contributed by atoms with E-state index in [1.165, 1.54) is 38.8 Å². The van der Waals surface area contributed by atoms with Gasteiger partial charge in [-0.15, -0.1) is 11.3 Å². The molecular weight excluding hydrogens is 368 g/mol. The largest absolute Gasteiger partial charge is 0.465 e. The molecule has 0 spiro atoms. The number of cyclic esters (lactones) is 1. The summed E-state index contributed by atoms with van der Waals surface area (Å²) in [5.41, 5.74) is 4.27. The molecule has 1 aromatic carbocycles. The second kappa shape index (κ2) is 6.55. The molecule has 5 nitrogen and oxygen atoms in total. The van der Waals surface area contributed by atoms with Crippen molar-refractivity contribution in [2.24, 2.45) is 7.05 Å². The predicted molar refractivity (Wildman–Crippen MR) is 105 cm³/mol. The lowest BCUT2D eigenvalue weighted by Crippen LogP contribution is -2.21. The summed E-state index contributed by atoms with van der Waals surface area (Å²) in [4.78, 5) is 30.1. The molecule has 1 aliphatic rings. The molecular formula is C19H18N2O3S2. The molecule has 0 amide bonds. The minimum atomic E-state index is -0.287. The zero-order valence-electron chi connectivity index (χ0n) is 14.7. The third-order valence-corrected chi connectivity index (χ3v) is 6.89. The number of thiophene rings is 1. The Morgan fingerprint density at radius 2 is 2.08 bits per heavy atom. The highest BCUT2D eigenvalue weighted by Crippen LogP contribution is 2.34. The van der Waals surface area contributed by atoms with Crippen LogP contribution in [-0.2, 0) is 16.6 Å². The molecule has 2 aromatic heterocycles. The van der Waals surface area contributed by atoms with E-state index in [0.717, 1.165) is 11.1 Å².